The maximum Gasteiger partial charge on any atom is 0.490 e. The number of ether oxygens (including phenoxy) is 1. The van der Waals surface area contributed by atoms with Gasteiger partial charge in [0.05, 0.1) is 12.9 Å². The Labute approximate surface area is 219 Å². The molecule has 0 bridgehead atoms. The molecule has 1 saturated heterocycles. The van der Waals surface area contributed by atoms with Crippen LogP contribution in [0.4, 0.5) is 5.82 Å². The molecule has 2 aromatic rings. The number of nitrogens with zero attached hydrogens (tertiary/aromatic N) is 4. The van der Waals surface area contributed by atoms with Crippen LogP contribution in [0.1, 0.15) is 25.5 Å². The zero-order valence-electron chi connectivity index (χ0n) is 19.4. The summed E-state index contributed by atoms with van der Waals surface area (Å²) >= 11 is 1.35. The van der Waals surface area contributed by atoms with E-state index in [4.69, 9.17) is 20.3 Å². The molecule has 38 heavy (non-hydrogen) atoms. The summed E-state index contributed by atoms with van der Waals surface area (Å²) in [5.74, 6) is 0.774. The third-order valence-electron chi connectivity index (χ3n) is 4.89. The molecular formula is C16H26N5O13P3S. The van der Waals surface area contributed by atoms with E-state index in [1.807, 2.05) is 6.08 Å². The minimum absolute atomic E-state index is 0.0691. The van der Waals surface area contributed by atoms with Crippen molar-refractivity contribution in [1.29, 1.82) is 0 Å². The number of anilines is 1. The second-order valence-corrected chi connectivity index (χ2v) is 13.3. The van der Waals surface area contributed by atoms with E-state index in [0.717, 1.165) is 19.3 Å². The summed E-state index contributed by atoms with van der Waals surface area (Å²) in [6.45, 7) is 2.70. The molecule has 1 aliphatic heterocycles. The number of imidazole rings is 1. The number of rotatable bonds is 14. The maximum absolute atomic E-state index is 12.0. The normalized spacial score (nSPS) is 25.3. The van der Waals surface area contributed by atoms with E-state index in [1.165, 1.54) is 22.7 Å². The van der Waals surface area contributed by atoms with Crippen molar-refractivity contribution in [3.63, 3.8) is 0 Å². The molecule has 0 radical (unpaired) electrons. The summed E-state index contributed by atoms with van der Waals surface area (Å²) in [5, 5.41) is 21.3. The Morgan fingerprint density at radius 3 is 2.47 bits per heavy atom. The van der Waals surface area contributed by atoms with Gasteiger partial charge < -0.3 is 40.3 Å². The lowest BCUT2D eigenvalue weighted by molar-refractivity contribution is -0.0503. The van der Waals surface area contributed by atoms with Crippen LogP contribution < -0.4 is 5.73 Å². The van der Waals surface area contributed by atoms with Gasteiger partial charge in [0.2, 0.25) is 0 Å². The summed E-state index contributed by atoms with van der Waals surface area (Å²) < 4.78 is 52.7. The fraction of sp³-hybridized carbons (Fsp3) is 0.562. The first kappa shape index (κ1) is 31.3. The van der Waals surface area contributed by atoms with Gasteiger partial charge in [-0.3, -0.25) is 9.09 Å². The van der Waals surface area contributed by atoms with Crippen LogP contribution in [0, 0.1) is 0 Å². The topological polar surface area (TPSA) is 279 Å². The van der Waals surface area contributed by atoms with Gasteiger partial charge in [0, 0.05) is 5.75 Å². The van der Waals surface area contributed by atoms with Gasteiger partial charge in [-0.05, 0) is 19.3 Å². The largest absolute Gasteiger partial charge is 0.490 e. The molecule has 1 fully saturated rings. The van der Waals surface area contributed by atoms with Crippen molar-refractivity contribution in [2.24, 2.45) is 0 Å². The Balaban J connectivity index is 1.70. The van der Waals surface area contributed by atoms with Gasteiger partial charge in [-0.25, -0.2) is 28.6 Å². The highest BCUT2D eigenvalue weighted by atomic mass is 32.2. The second kappa shape index (κ2) is 12.5. The van der Waals surface area contributed by atoms with Crippen molar-refractivity contribution in [3.05, 3.63) is 19.0 Å². The number of phosphoric acid groups is 3. The van der Waals surface area contributed by atoms with E-state index >= 15 is 0 Å². The fourth-order valence-corrected chi connectivity index (χ4v) is 7.17. The van der Waals surface area contributed by atoms with E-state index < -0.39 is 54.6 Å². The summed E-state index contributed by atoms with van der Waals surface area (Å²) in [5.41, 5.74) is 6.37. The first-order chi connectivity index (χ1) is 17.6. The molecule has 0 spiro atoms. The molecule has 2 aromatic heterocycles. The van der Waals surface area contributed by atoms with E-state index in [9.17, 15) is 33.7 Å². The molecule has 1 aliphatic rings. The van der Waals surface area contributed by atoms with Crippen molar-refractivity contribution in [2.75, 3.05) is 18.1 Å². The molecule has 3 rings (SSSR count). The number of unbranched alkanes of at least 4 members (excludes halogenated alkanes) is 2. The number of nitrogens with two attached hydrogens (primary N) is 1. The number of allylic oxidation sites excluding steroid dienone is 1. The van der Waals surface area contributed by atoms with E-state index in [0.29, 0.717) is 10.9 Å². The minimum atomic E-state index is -5.73. The molecule has 3 heterocycles. The number of hydrogen-bond acceptors (Lipinski definition) is 14. The number of thioether (sulfide) groups is 1. The third kappa shape index (κ3) is 8.36. The van der Waals surface area contributed by atoms with Crippen LogP contribution in [0.25, 0.3) is 11.2 Å². The quantitative estimate of drug-likeness (QED) is 0.0505. The molecule has 3 unspecified atom stereocenters. The van der Waals surface area contributed by atoms with Crippen molar-refractivity contribution < 1.29 is 61.4 Å². The lowest BCUT2D eigenvalue weighted by atomic mass is 10.1. The van der Waals surface area contributed by atoms with Crippen molar-refractivity contribution >= 4 is 52.2 Å². The van der Waals surface area contributed by atoms with Crippen molar-refractivity contribution in [1.82, 2.24) is 19.5 Å². The average Bonchev–Trinajstić information content (AvgIpc) is 3.31. The summed E-state index contributed by atoms with van der Waals surface area (Å²) in [4.78, 5) is 48.7. The van der Waals surface area contributed by atoms with Crippen molar-refractivity contribution in [3.8, 4) is 0 Å². The van der Waals surface area contributed by atoms with Crippen LogP contribution in [0.15, 0.2) is 24.1 Å². The van der Waals surface area contributed by atoms with E-state index in [1.54, 1.807) is 0 Å². The highest BCUT2D eigenvalue weighted by Crippen LogP contribution is 2.66. The standard InChI is InChI=1S/C16H26N5O13P3S/c1-2-3-4-5-6-38-16-19-13(17)10-14(20-16)21(8-18-10)15-12(23)11(22)9(32-15)7-31-36(27,28)34-37(29,30)33-35(24,25)26/h2,8-9,11-12,15,22-23H,1,3-7H2,(H,27,28)(H,29,30)(H2,17,19,20)(H2,24,25,26)/t9-,11-,12-,15?/m1/s1. The first-order valence-corrected chi connectivity index (χ1v) is 16.2. The molecule has 0 aliphatic carbocycles. The van der Waals surface area contributed by atoms with E-state index in [-0.39, 0.29) is 17.0 Å². The van der Waals surface area contributed by atoms with Crippen LogP contribution in [-0.2, 0) is 31.6 Å². The SMILES string of the molecule is C=CCCCCSc1nc(N)c2ncn(C3O[C@H](COP(=O)(O)OP(=O)(O)OP(=O)(O)O)[C@@H](O)[C@H]3O)c2n1. The first-order valence-electron chi connectivity index (χ1n) is 10.7. The molecular weight excluding hydrogens is 595 g/mol. The fourth-order valence-electron chi connectivity index (χ4n) is 3.29. The lowest BCUT2D eigenvalue weighted by Gasteiger charge is -2.19. The highest BCUT2D eigenvalue weighted by molar-refractivity contribution is 7.99. The van der Waals surface area contributed by atoms with Crippen LogP contribution >= 0.6 is 35.2 Å². The monoisotopic (exact) mass is 621 g/mol. The third-order valence-corrected chi connectivity index (χ3v) is 9.63. The van der Waals surface area contributed by atoms with Crippen LogP contribution in [0.5, 0.6) is 0 Å². The molecule has 0 saturated carbocycles. The molecule has 0 aromatic carbocycles. The number of aromatic nitrogens is 4. The molecule has 214 valence electrons. The van der Waals surface area contributed by atoms with Gasteiger partial charge in [-0.1, -0.05) is 17.8 Å². The second-order valence-electron chi connectivity index (χ2n) is 7.78. The predicted octanol–water partition coefficient (Wildman–Crippen LogP) is 0.819. The zero-order valence-corrected chi connectivity index (χ0v) is 22.9. The Morgan fingerprint density at radius 2 is 1.82 bits per heavy atom. The Kier molecular flexibility index (Phi) is 10.3. The van der Waals surface area contributed by atoms with Crippen LogP contribution in [0.3, 0.4) is 0 Å². The molecule has 18 nitrogen and oxygen atoms in total. The molecule has 22 heteroatoms. The number of fused-ring (bicyclic) bond motifs is 1. The number of aliphatic hydroxyl groups is 2. The lowest BCUT2D eigenvalue weighted by Crippen LogP contribution is -2.33. The Hall–Kier alpha value is -1.27. The highest BCUT2D eigenvalue weighted by Gasteiger charge is 2.47. The number of aliphatic hydroxyl groups excluding tert-OH is 2. The van der Waals surface area contributed by atoms with Gasteiger partial charge in [0.25, 0.3) is 0 Å². The number of phosphoric ester groups is 1. The average molecular weight is 621 g/mol. The smallest absolute Gasteiger partial charge is 0.387 e. The van der Waals surface area contributed by atoms with Gasteiger partial charge in [-0.15, -0.1) is 6.58 Å². The Bertz CT molecular complexity index is 1290. The molecule has 8 N–H and O–H groups in total. The van der Waals surface area contributed by atoms with E-state index in [2.05, 4.69) is 34.7 Å². The predicted molar refractivity (Wildman–Crippen MR) is 130 cm³/mol. The molecule has 0 amide bonds. The van der Waals surface area contributed by atoms with Crippen molar-refractivity contribution in [2.45, 2.75) is 49.0 Å². The minimum Gasteiger partial charge on any atom is -0.387 e. The molecule has 6 atom stereocenters. The summed E-state index contributed by atoms with van der Waals surface area (Å²) in [7, 11) is -16.8. The zero-order chi connectivity index (χ0) is 28.3. The van der Waals surface area contributed by atoms with Gasteiger partial charge in [0.1, 0.15) is 23.8 Å². The van der Waals surface area contributed by atoms with Gasteiger partial charge in [-0.2, -0.15) is 8.62 Å². The summed E-state index contributed by atoms with van der Waals surface area (Å²) in [6.07, 6.45) is -0.353. The van der Waals surface area contributed by atoms with Gasteiger partial charge in [0.15, 0.2) is 22.8 Å². The maximum atomic E-state index is 12.0. The number of hydrogen-bond donors (Lipinski definition) is 7. The van der Waals surface area contributed by atoms with Crippen LogP contribution in [0.2, 0.25) is 0 Å². The summed E-state index contributed by atoms with van der Waals surface area (Å²) in [6, 6.07) is 0. The van der Waals surface area contributed by atoms with Crippen LogP contribution in [-0.4, -0.2) is 80.0 Å². The number of nitrogen functional groups attached to an aromatic ring is 1. The van der Waals surface area contributed by atoms with Gasteiger partial charge >= 0.3 is 23.5 Å². The Morgan fingerprint density at radius 1 is 1.11 bits per heavy atom.